The molecule has 3 N–H and O–H groups in total. The Morgan fingerprint density at radius 3 is 2.11 bits per heavy atom. The number of likely N-dealkylation sites (tertiary alicyclic amines) is 1. The number of aliphatic carboxylic acids is 1. The predicted octanol–water partition coefficient (Wildman–Crippen LogP) is 4.28. The van der Waals surface area contributed by atoms with Gasteiger partial charge in [-0.15, -0.1) is 0 Å². The molecule has 2 aromatic carbocycles. The molecule has 3 rings (SSSR count). The maximum Gasteiger partial charge on any atom is 0.408 e. The normalized spacial score (nSPS) is 18.7. The summed E-state index contributed by atoms with van der Waals surface area (Å²) in [4.78, 5) is 50.8. The van der Waals surface area contributed by atoms with Crippen LogP contribution in [0.1, 0.15) is 44.7 Å². The van der Waals surface area contributed by atoms with Gasteiger partial charge in [0.1, 0.15) is 17.4 Å². The summed E-state index contributed by atoms with van der Waals surface area (Å²) in [7, 11) is -4.11. The van der Waals surface area contributed by atoms with Gasteiger partial charge in [0.25, 0.3) is 0 Å². The van der Waals surface area contributed by atoms with Crippen molar-refractivity contribution >= 4 is 25.3 Å². The van der Waals surface area contributed by atoms with Crippen molar-refractivity contribution in [3.8, 4) is 0 Å². The van der Waals surface area contributed by atoms with E-state index in [-0.39, 0.29) is 25.8 Å². The van der Waals surface area contributed by atoms with Gasteiger partial charge in [-0.25, -0.2) is 4.79 Å². The molecule has 1 fully saturated rings. The Kier molecular flexibility index (Phi) is 9.74. The van der Waals surface area contributed by atoms with Crippen LogP contribution in [0.2, 0.25) is 0 Å². The monoisotopic (exact) mass is 544 g/mol. The molecule has 1 aliphatic rings. The molecule has 1 unspecified atom stereocenters. The molecule has 2 amide bonds. The van der Waals surface area contributed by atoms with Gasteiger partial charge in [0.15, 0.2) is 0 Å². The maximum absolute atomic E-state index is 13.7. The van der Waals surface area contributed by atoms with E-state index in [1.165, 1.54) is 4.90 Å². The third kappa shape index (κ3) is 8.43. The van der Waals surface area contributed by atoms with E-state index < -0.39 is 54.8 Å². The topological polar surface area (TPSA) is 133 Å². The minimum Gasteiger partial charge on any atom is -0.481 e. The van der Waals surface area contributed by atoms with Crippen LogP contribution in [0.5, 0.6) is 0 Å². The van der Waals surface area contributed by atoms with Crippen LogP contribution >= 0.6 is 7.37 Å². The van der Waals surface area contributed by atoms with Gasteiger partial charge in [0, 0.05) is 19.1 Å². The van der Waals surface area contributed by atoms with E-state index in [2.05, 4.69) is 5.32 Å². The highest BCUT2D eigenvalue weighted by Crippen LogP contribution is 2.53. The second kappa shape index (κ2) is 12.6. The van der Waals surface area contributed by atoms with Crippen LogP contribution < -0.4 is 5.32 Å². The number of carboxylic acid groups (broad SMARTS) is 1. The van der Waals surface area contributed by atoms with Crippen LogP contribution in [0.4, 0.5) is 4.79 Å². The highest BCUT2D eigenvalue weighted by atomic mass is 31.2. The van der Waals surface area contributed by atoms with Gasteiger partial charge in [-0.05, 0) is 51.2 Å². The van der Waals surface area contributed by atoms with Crippen LogP contribution in [0.15, 0.2) is 60.7 Å². The zero-order valence-electron chi connectivity index (χ0n) is 22.1. The summed E-state index contributed by atoms with van der Waals surface area (Å²) < 4.78 is 19.0. The molecule has 38 heavy (non-hydrogen) atoms. The molecule has 206 valence electrons. The summed E-state index contributed by atoms with van der Waals surface area (Å²) in [5.41, 5.74) is 0.786. The van der Waals surface area contributed by atoms with Crippen molar-refractivity contribution < 1.29 is 33.7 Å². The van der Waals surface area contributed by atoms with E-state index in [0.717, 1.165) is 11.1 Å². The van der Waals surface area contributed by atoms with Crippen LogP contribution in [0, 0.1) is 5.92 Å². The fourth-order valence-corrected chi connectivity index (χ4v) is 7.10. The van der Waals surface area contributed by atoms with Crippen LogP contribution in [-0.2, 0) is 31.7 Å². The van der Waals surface area contributed by atoms with E-state index >= 15 is 0 Å². The lowest BCUT2D eigenvalue weighted by Gasteiger charge is -2.33. The van der Waals surface area contributed by atoms with Gasteiger partial charge < -0.3 is 25.0 Å². The first-order valence-electron chi connectivity index (χ1n) is 12.8. The van der Waals surface area contributed by atoms with Crippen molar-refractivity contribution in [3.05, 3.63) is 71.8 Å². The van der Waals surface area contributed by atoms with Crippen LogP contribution in [0.25, 0.3) is 0 Å². The number of carboxylic acids is 1. The van der Waals surface area contributed by atoms with E-state index in [1.807, 2.05) is 36.4 Å². The lowest BCUT2D eigenvalue weighted by atomic mass is 10.0. The van der Waals surface area contributed by atoms with Gasteiger partial charge in [0.05, 0.1) is 5.92 Å². The number of nitrogens with zero attached hydrogens (tertiary/aromatic N) is 1. The third-order valence-corrected chi connectivity index (χ3v) is 8.83. The summed E-state index contributed by atoms with van der Waals surface area (Å²) in [6, 6.07) is 17.1. The first kappa shape index (κ1) is 29.4. The molecular weight excluding hydrogens is 507 g/mol. The highest BCUT2D eigenvalue weighted by Gasteiger charge is 2.45. The Bertz CT molecular complexity index is 1150. The summed E-state index contributed by atoms with van der Waals surface area (Å²) in [6.07, 6.45) is -0.150. The number of nitrogens with one attached hydrogen (secondary N) is 1. The van der Waals surface area contributed by atoms with Crippen molar-refractivity contribution in [2.45, 2.75) is 63.9 Å². The molecule has 1 heterocycles. The molecule has 0 radical (unpaired) electrons. The predicted molar refractivity (Wildman–Crippen MR) is 144 cm³/mol. The van der Waals surface area contributed by atoms with Crippen molar-refractivity contribution in [2.24, 2.45) is 5.92 Å². The first-order valence-corrected chi connectivity index (χ1v) is 14.7. The Labute approximate surface area is 223 Å². The second-order valence-electron chi connectivity index (χ2n) is 10.7. The van der Waals surface area contributed by atoms with Crippen molar-refractivity contribution in [1.29, 1.82) is 0 Å². The number of hydrogen-bond donors (Lipinski definition) is 3. The Balaban J connectivity index is 1.80. The minimum atomic E-state index is -4.11. The number of alkyl carbamates (subject to hydrolysis) is 1. The molecule has 4 atom stereocenters. The number of carbonyl (C=O) groups is 3. The molecule has 0 spiro atoms. The molecule has 0 bridgehead atoms. The zero-order valence-corrected chi connectivity index (χ0v) is 23.0. The van der Waals surface area contributed by atoms with Crippen molar-refractivity contribution in [1.82, 2.24) is 10.2 Å². The standard InChI is InChI=1S/C28H37N2O7P/c1-28(2,3)37-27(34)29-23(18-21-13-8-5-9-14-21)25(31)30-16-10-15-24(30)38(35,36)19-22(26(32)33)17-20-11-6-4-7-12-20/h4-9,11-14,22-24H,10,15-19H2,1-3H3,(H,29,34)(H,32,33)(H,35,36)/t22-,23+,24+/m1/s1. The molecule has 9 nitrogen and oxygen atoms in total. The van der Waals surface area contributed by atoms with Crippen LogP contribution in [-0.4, -0.2) is 63.0 Å². The third-order valence-electron chi connectivity index (χ3n) is 6.40. The lowest BCUT2D eigenvalue weighted by Crippen LogP contribution is -2.52. The molecule has 10 heteroatoms. The number of amides is 2. The summed E-state index contributed by atoms with van der Waals surface area (Å²) >= 11 is 0. The Hall–Kier alpha value is -3.16. The summed E-state index contributed by atoms with van der Waals surface area (Å²) in [5, 5.41) is 12.4. The van der Waals surface area contributed by atoms with Gasteiger partial charge in [-0.2, -0.15) is 0 Å². The molecule has 2 aromatic rings. The smallest absolute Gasteiger partial charge is 0.408 e. The molecule has 1 saturated heterocycles. The van der Waals surface area contributed by atoms with E-state index in [9.17, 15) is 28.9 Å². The number of ether oxygens (including phenoxy) is 1. The van der Waals surface area contributed by atoms with Crippen molar-refractivity contribution in [2.75, 3.05) is 12.7 Å². The van der Waals surface area contributed by atoms with Gasteiger partial charge in [0.2, 0.25) is 13.3 Å². The fraction of sp³-hybridized carbons (Fsp3) is 0.464. The highest BCUT2D eigenvalue weighted by molar-refractivity contribution is 7.58. The SMILES string of the molecule is CC(C)(C)OC(=O)N[C@@H](Cc1ccccc1)C(=O)N1CCC[C@@H]1P(=O)(O)C[C@@H](Cc1ccccc1)C(=O)O. The fourth-order valence-electron chi connectivity index (χ4n) is 4.69. The second-order valence-corrected chi connectivity index (χ2v) is 13.2. The lowest BCUT2D eigenvalue weighted by molar-refractivity contribution is -0.141. The van der Waals surface area contributed by atoms with Gasteiger partial charge >= 0.3 is 12.1 Å². The van der Waals surface area contributed by atoms with Gasteiger partial charge in [-0.3, -0.25) is 14.2 Å². The maximum atomic E-state index is 13.7. The molecule has 0 aromatic heterocycles. The summed E-state index contributed by atoms with van der Waals surface area (Å²) in [6.45, 7) is 5.39. The minimum absolute atomic E-state index is 0.109. The average Bonchev–Trinajstić information content (AvgIpc) is 3.34. The molecule has 0 aliphatic carbocycles. The number of benzene rings is 2. The number of rotatable bonds is 10. The van der Waals surface area contributed by atoms with E-state index in [1.54, 1.807) is 45.0 Å². The van der Waals surface area contributed by atoms with Crippen molar-refractivity contribution in [3.63, 3.8) is 0 Å². The quantitative estimate of drug-likeness (QED) is 0.380. The molecule has 0 saturated carbocycles. The first-order chi connectivity index (χ1) is 17.9. The molecule has 1 aliphatic heterocycles. The average molecular weight is 545 g/mol. The van der Waals surface area contributed by atoms with Gasteiger partial charge in [-0.1, -0.05) is 60.7 Å². The van der Waals surface area contributed by atoms with E-state index in [0.29, 0.717) is 6.42 Å². The van der Waals surface area contributed by atoms with E-state index in [4.69, 9.17) is 4.74 Å². The summed E-state index contributed by atoms with van der Waals surface area (Å²) in [5.74, 6) is -3.75. The zero-order chi connectivity index (χ0) is 27.9. The Morgan fingerprint density at radius 1 is 1.03 bits per heavy atom. The van der Waals surface area contributed by atoms with Crippen LogP contribution in [0.3, 0.4) is 0 Å². The largest absolute Gasteiger partial charge is 0.481 e. The Morgan fingerprint density at radius 2 is 1.58 bits per heavy atom. The number of carbonyl (C=O) groups excluding carboxylic acids is 2. The molecular formula is C28H37N2O7P. The number of hydrogen-bond acceptors (Lipinski definition) is 5.